The first-order valence-electron chi connectivity index (χ1n) is 4.79. The summed E-state index contributed by atoms with van der Waals surface area (Å²) in [5.74, 6) is -1.46. The van der Waals surface area contributed by atoms with Crippen LogP contribution in [-0.4, -0.2) is 16.2 Å². The van der Waals surface area contributed by atoms with Crippen LogP contribution in [0.4, 0.5) is 8.78 Å². The summed E-state index contributed by atoms with van der Waals surface area (Å²) >= 11 is 0. The summed E-state index contributed by atoms with van der Waals surface area (Å²) in [4.78, 5) is 3.87. The number of halogens is 2. The van der Waals surface area contributed by atoms with Crippen molar-refractivity contribution in [1.82, 2.24) is 9.55 Å². The number of hydrogen-bond acceptors (Lipinski definition) is 2. The second-order valence-corrected chi connectivity index (χ2v) is 3.22. The fourth-order valence-corrected chi connectivity index (χ4v) is 1.25. The van der Waals surface area contributed by atoms with Gasteiger partial charge in [-0.15, -0.1) is 0 Å². The van der Waals surface area contributed by atoms with Gasteiger partial charge in [-0.3, -0.25) is 0 Å². The van der Waals surface area contributed by atoms with E-state index in [2.05, 4.69) is 4.98 Å². The van der Waals surface area contributed by atoms with Crippen LogP contribution < -0.4 is 4.74 Å². The lowest BCUT2D eigenvalue weighted by Crippen LogP contribution is -2.06. The third-order valence-corrected chi connectivity index (χ3v) is 2.07. The molecule has 3 nitrogen and oxygen atoms in total. The van der Waals surface area contributed by atoms with Crippen molar-refractivity contribution in [3.8, 4) is 5.75 Å². The molecule has 16 heavy (non-hydrogen) atoms. The van der Waals surface area contributed by atoms with Crippen LogP contribution >= 0.6 is 0 Å². The van der Waals surface area contributed by atoms with Gasteiger partial charge in [-0.05, 0) is 12.1 Å². The number of imidazole rings is 1. The molecule has 2 aromatic rings. The molecule has 1 aromatic heterocycles. The maximum Gasteiger partial charge on any atom is 0.162 e. The molecule has 1 heterocycles. The summed E-state index contributed by atoms with van der Waals surface area (Å²) in [5, 5.41) is 0. The lowest BCUT2D eigenvalue weighted by Gasteiger charge is -2.06. The van der Waals surface area contributed by atoms with Crippen LogP contribution in [0.15, 0.2) is 36.9 Å². The van der Waals surface area contributed by atoms with Crippen LogP contribution in [0, 0.1) is 11.6 Å². The number of benzene rings is 1. The van der Waals surface area contributed by atoms with Crippen molar-refractivity contribution in [2.75, 3.05) is 6.61 Å². The van der Waals surface area contributed by atoms with E-state index in [0.717, 1.165) is 12.1 Å². The minimum Gasteiger partial charge on any atom is -0.492 e. The second kappa shape index (κ2) is 4.74. The highest BCUT2D eigenvalue weighted by atomic mass is 19.2. The van der Waals surface area contributed by atoms with Gasteiger partial charge in [-0.1, -0.05) is 0 Å². The monoisotopic (exact) mass is 224 g/mol. The van der Waals surface area contributed by atoms with Gasteiger partial charge in [0, 0.05) is 18.5 Å². The van der Waals surface area contributed by atoms with E-state index < -0.39 is 11.6 Å². The molecule has 84 valence electrons. The van der Waals surface area contributed by atoms with E-state index in [1.807, 2.05) is 4.57 Å². The zero-order chi connectivity index (χ0) is 11.4. The van der Waals surface area contributed by atoms with E-state index in [-0.39, 0.29) is 0 Å². The maximum atomic E-state index is 12.8. The van der Waals surface area contributed by atoms with E-state index >= 15 is 0 Å². The fourth-order valence-electron chi connectivity index (χ4n) is 1.25. The first-order chi connectivity index (χ1) is 7.75. The van der Waals surface area contributed by atoms with Crippen LogP contribution in [0.1, 0.15) is 0 Å². The molecule has 0 radical (unpaired) electrons. The van der Waals surface area contributed by atoms with Gasteiger partial charge in [0.15, 0.2) is 11.6 Å². The average Bonchev–Trinajstić information content (AvgIpc) is 2.76. The predicted octanol–water partition coefficient (Wildman–Crippen LogP) is 2.24. The van der Waals surface area contributed by atoms with E-state index in [0.29, 0.717) is 18.9 Å². The van der Waals surface area contributed by atoms with E-state index in [1.165, 1.54) is 6.07 Å². The molecule has 0 N–H and O–H groups in total. The number of hydrogen-bond donors (Lipinski definition) is 0. The molecule has 0 spiro atoms. The predicted molar refractivity (Wildman–Crippen MR) is 54.1 cm³/mol. The number of ether oxygens (including phenoxy) is 1. The molecule has 1 aromatic carbocycles. The zero-order valence-electron chi connectivity index (χ0n) is 8.44. The number of aromatic nitrogens is 2. The van der Waals surface area contributed by atoms with Crippen molar-refractivity contribution in [1.29, 1.82) is 0 Å². The first kappa shape index (κ1) is 10.6. The van der Waals surface area contributed by atoms with Gasteiger partial charge in [0.05, 0.1) is 12.9 Å². The Labute approximate surface area is 91.3 Å². The Morgan fingerprint density at radius 1 is 1.25 bits per heavy atom. The zero-order valence-corrected chi connectivity index (χ0v) is 8.44. The molecule has 2 rings (SSSR count). The molecule has 0 bridgehead atoms. The summed E-state index contributed by atoms with van der Waals surface area (Å²) < 4.78 is 32.5. The van der Waals surface area contributed by atoms with Crippen molar-refractivity contribution in [3.63, 3.8) is 0 Å². The average molecular weight is 224 g/mol. The Morgan fingerprint density at radius 2 is 2.12 bits per heavy atom. The molecular weight excluding hydrogens is 214 g/mol. The summed E-state index contributed by atoms with van der Waals surface area (Å²) in [6, 6.07) is 3.47. The second-order valence-electron chi connectivity index (χ2n) is 3.22. The summed E-state index contributed by atoms with van der Waals surface area (Å²) in [7, 11) is 0. The van der Waals surface area contributed by atoms with Gasteiger partial charge in [-0.2, -0.15) is 0 Å². The van der Waals surface area contributed by atoms with Crippen molar-refractivity contribution < 1.29 is 13.5 Å². The van der Waals surface area contributed by atoms with Crippen molar-refractivity contribution in [2.45, 2.75) is 6.54 Å². The van der Waals surface area contributed by atoms with Gasteiger partial charge in [0.25, 0.3) is 0 Å². The van der Waals surface area contributed by atoms with E-state index in [4.69, 9.17) is 4.74 Å². The normalized spacial score (nSPS) is 10.4. The van der Waals surface area contributed by atoms with Gasteiger partial charge in [0.2, 0.25) is 0 Å². The Balaban J connectivity index is 1.87. The van der Waals surface area contributed by atoms with Gasteiger partial charge in [-0.25, -0.2) is 13.8 Å². The van der Waals surface area contributed by atoms with E-state index in [9.17, 15) is 8.78 Å². The molecule has 0 unspecified atom stereocenters. The number of rotatable bonds is 4. The Hall–Kier alpha value is -1.91. The molecule has 0 amide bonds. The smallest absolute Gasteiger partial charge is 0.162 e. The number of nitrogens with zero attached hydrogens (tertiary/aromatic N) is 2. The standard InChI is InChI=1S/C11H10F2N2O/c12-10-2-1-9(7-11(10)13)16-6-5-15-4-3-14-8-15/h1-4,7-8H,5-6H2. The van der Waals surface area contributed by atoms with Gasteiger partial charge in [0.1, 0.15) is 12.4 Å². The van der Waals surface area contributed by atoms with Crippen LogP contribution in [0.3, 0.4) is 0 Å². The van der Waals surface area contributed by atoms with Crippen LogP contribution in [0.5, 0.6) is 5.75 Å². The summed E-state index contributed by atoms with van der Waals surface area (Å²) in [5.41, 5.74) is 0. The minimum absolute atomic E-state index is 0.319. The molecule has 0 aliphatic rings. The highest BCUT2D eigenvalue weighted by Gasteiger charge is 2.02. The Bertz CT molecular complexity index is 457. The van der Waals surface area contributed by atoms with Crippen LogP contribution in [0.2, 0.25) is 0 Å². The molecule has 0 fully saturated rings. The highest BCUT2D eigenvalue weighted by molar-refractivity contribution is 5.23. The molecule has 0 saturated heterocycles. The van der Waals surface area contributed by atoms with Crippen molar-refractivity contribution in [3.05, 3.63) is 48.6 Å². The third-order valence-electron chi connectivity index (χ3n) is 2.07. The summed E-state index contributed by atoms with van der Waals surface area (Å²) in [6.07, 6.45) is 5.13. The molecule has 0 atom stereocenters. The lowest BCUT2D eigenvalue weighted by atomic mass is 10.3. The quantitative estimate of drug-likeness (QED) is 0.796. The molecule has 0 aliphatic carbocycles. The Morgan fingerprint density at radius 3 is 2.81 bits per heavy atom. The van der Waals surface area contributed by atoms with Crippen LogP contribution in [-0.2, 0) is 6.54 Å². The van der Waals surface area contributed by atoms with E-state index in [1.54, 1.807) is 18.7 Å². The fraction of sp³-hybridized carbons (Fsp3) is 0.182. The summed E-state index contributed by atoms with van der Waals surface area (Å²) in [6.45, 7) is 0.987. The highest BCUT2D eigenvalue weighted by Crippen LogP contribution is 2.15. The lowest BCUT2D eigenvalue weighted by molar-refractivity contribution is 0.296. The van der Waals surface area contributed by atoms with Gasteiger partial charge >= 0.3 is 0 Å². The van der Waals surface area contributed by atoms with Gasteiger partial charge < -0.3 is 9.30 Å². The largest absolute Gasteiger partial charge is 0.492 e. The van der Waals surface area contributed by atoms with Crippen LogP contribution in [0.25, 0.3) is 0 Å². The minimum atomic E-state index is -0.903. The maximum absolute atomic E-state index is 12.8. The SMILES string of the molecule is Fc1ccc(OCCn2ccnc2)cc1F. The van der Waals surface area contributed by atoms with Crippen molar-refractivity contribution >= 4 is 0 Å². The molecule has 5 heteroatoms. The first-order valence-corrected chi connectivity index (χ1v) is 4.79. The topological polar surface area (TPSA) is 27.1 Å². The molecule has 0 saturated carbocycles. The third kappa shape index (κ3) is 2.56. The Kier molecular flexibility index (Phi) is 3.14. The molecular formula is C11H10F2N2O. The molecule has 0 aliphatic heterocycles. The van der Waals surface area contributed by atoms with Crippen molar-refractivity contribution in [2.24, 2.45) is 0 Å².